The number of hydrogen-bond donors (Lipinski definition) is 1. The monoisotopic (exact) mass is 266 g/mol. The van der Waals surface area contributed by atoms with Gasteiger partial charge in [0.15, 0.2) is 0 Å². The minimum absolute atomic E-state index is 0.254. The molecule has 3 aromatic heterocycles. The Kier molecular flexibility index (Phi) is 3.15. The summed E-state index contributed by atoms with van der Waals surface area (Å²) in [7, 11) is 0. The van der Waals surface area contributed by atoms with Crippen LogP contribution in [-0.4, -0.2) is 30.6 Å². The summed E-state index contributed by atoms with van der Waals surface area (Å²) in [6, 6.07) is 3.64. The molecule has 0 aliphatic carbocycles. The van der Waals surface area contributed by atoms with Gasteiger partial charge in [0.25, 0.3) is 5.91 Å². The molecule has 0 bridgehead atoms. The third-order valence-corrected chi connectivity index (χ3v) is 2.56. The fraction of sp³-hybridized carbons (Fsp3) is 0. The second-order valence-electron chi connectivity index (χ2n) is 3.92. The maximum absolute atomic E-state index is 11.9. The molecule has 0 aromatic carbocycles. The van der Waals surface area contributed by atoms with Gasteiger partial charge in [-0.05, 0) is 12.1 Å². The summed E-state index contributed by atoms with van der Waals surface area (Å²) in [5.74, 6) is -0.327. The minimum Gasteiger partial charge on any atom is -0.318 e. The van der Waals surface area contributed by atoms with Crippen LogP contribution < -0.4 is 5.32 Å². The number of nitrogens with zero attached hydrogens (tertiary/aromatic N) is 5. The first-order valence-corrected chi connectivity index (χ1v) is 5.85. The average Bonchev–Trinajstić information content (AvgIpc) is 2.97. The fourth-order valence-corrected chi connectivity index (χ4v) is 1.64. The van der Waals surface area contributed by atoms with Crippen molar-refractivity contribution in [2.24, 2.45) is 0 Å². The summed E-state index contributed by atoms with van der Waals surface area (Å²) >= 11 is 0. The highest BCUT2D eigenvalue weighted by Crippen LogP contribution is 2.11. The highest BCUT2D eigenvalue weighted by molar-refractivity contribution is 6.02. The number of anilines is 1. The summed E-state index contributed by atoms with van der Waals surface area (Å²) in [5.41, 5.74) is 1.70. The zero-order valence-corrected chi connectivity index (χ0v) is 10.3. The molecule has 0 atom stereocenters. The average molecular weight is 266 g/mol. The predicted octanol–water partition coefficient (Wildman–Crippen LogP) is 1.31. The van der Waals surface area contributed by atoms with Crippen molar-refractivity contribution in [3.8, 4) is 5.69 Å². The van der Waals surface area contributed by atoms with Gasteiger partial charge in [0.05, 0.1) is 30.0 Å². The van der Waals surface area contributed by atoms with E-state index in [-0.39, 0.29) is 11.6 Å². The van der Waals surface area contributed by atoms with Gasteiger partial charge in [0, 0.05) is 24.8 Å². The van der Waals surface area contributed by atoms with E-state index in [1.54, 1.807) is 29.5 Å². The van der Waals surface area contributed by atoms with E-state index in [2.05, 4.69) is 25.4 Å². The number of pyridine rings is 1. The van der Waals surface area contributed by atoms with Crippen LogP contribution in [0.2, 0.25) is 0 Å². The molecule has 0 aliphatic rings. The lowest BCUT2D eigenvalue weighted by Crippen LogP contribution is -2.13. The van der Waals surface area contributed by atoms with Crippen molar-refractivity contribution in [2.75, 3.05) is 5.32 Å². The second kappa shape index (κ2) is 5.27. The molecule has 0 aliphatic heterocycles. The van der Waals surface area contributed by atoms with Crippen LogP contribution in [0.1, 0.15) is 10.5 Å². The van der Waals surface area contributed by atoms with E-state index < -0.39 is 0 Å². The first kappa shape index (κ1) is 12.0. The number of hydrogen-bond acceptors (Lipinski definition) is 5. The van der Waals surface area contributed by atoms with E-state index in [0.29, 0.717) is 5.69 Å². The second-order valence-corrected chi connectivity index (χ2v) is 3.92. The van der Waals surface area contributed by atoms with Crippen LogP contribution >= 0.6 is 0 Å². The molecule has 7 heteroatoms. The van der Waals surface area contributed by atoms with Gasteiger partial charge in [-0.25, -0.2) is 9.67 Å². The standard InChI is InChI=1S/C13H10N6O/c20-13(12-8-15-5-6-16-12)18-10-7-17-19(9-10)11-1-3-14-4-2-11/h1-9H,(H,18,20). The van der Waals surface area contributed by atoms with Crippen molar-refractivity contribution in [3.05, 3.63) is 61.2 Å². The maximum Gasteiger partial charge on any atom is 0.275 e. The molecule has 98 valence electrons. The van der Waals surface area contributed by atoms with Crippen molar-refractivity contribution < 1.29 is 4.79 Å². The highest BCUT2D eigenvalue weighted by atomic mass is 16.1. The van der Waals surface area contributed by atoms with E-state index >= 15 is 0 Å². The largest absolute Gasteiger partial charge is 0.318 e. The number of carbonyl (C=O) groups is 1. The smallest absolute Gasteiger partial charge is 0.275 e. The Morgan fingerprint density at radius 1 is 1.05 bits per heavy atom. The Hall–Kier alpha value is -3.09. The Morgan fingerprint density at radius 3 is 2.65 bits per heavy atom. The van der Waals surface area contributed by atoms with E-state index in [0.717, 1.165) is 5.69 Å². The fourth-order valence-electron chi connectivity index (χ4n) is 1.64. The molecule has 3 rings (SSSR count). The molecule has 7 nitrogen and oxygen atoms in total. The van der Waals surface area contributed by atoms with E-state index in [1.165, 1.54) is 18.6 Å². The van der Waals surface area contributed by atoms with E-state index in [4.69, 9.17) is 0 Å². The van der Waals surface area contributed by atoms with Crippen LogP contribution in [0.4, 0.5) is 5.69 Å². The molecule has 0 radical (unpaired) electrons. The van der Waals surface area contributed by atoms with E-state index in [1.807, 2.05) is 12.1 Å². The molecule has 1 amide bonds. The molecule has 3 aromatic rings. The molecular formula is C13H10N6O. The third kappa shape index (κ3) is 2.51. The zero-order valence-electron chi connectivity index (χ0n) is 10.3. The SMILES string of the molecule is O=C(Nc1cnn(-c2ccncc2)c1)c1cnccn1. The van der Waals surface area contributed by atoms with Crippen LogP contribution in [0.15, 0.2) is 55.5 Å². The van der Waals surface area contributed by atoms with Crippen molar-refractivity contribution >= 4 is 11.6 Å². The van der Waals surface area contributed by atoms with Crippen molar-refractivity contribution in [3.63, 3.8) is 0 Å². The molecule has 20 heavy (non-hydrogen) atoms. The van der Waals surface area contributed by atoms with Crippen LogP contribution in [0, 0.1) is 0 Å². The number of aromatic nitrogens is 5. The lowest BCUT2D eigenvalue weighted by Gasteiger charge is -2.01. The molecular weight excluding hydrogens is 256 g/mol. The third-order valence-electron chi connectivity index (χ3n) is 2.56. The lowest BCUT2D eigenvalue weighted by atomic mass is 10.4. The van der Waals surface area contributed by atoms with Crippen molar-refractivity contribution in [2.45, 2.75) is 0 Å². The van der Waals surface area contributed by atoms with Gasteiger partial charge in [0.2, 0.25) is 0 Å². The first-order valence-electron chi connectivity index (χ1n) is 5.85. The Balaban J connectivity index is 1.77. The van der Waals surface area contributed by atoms with Gasteiger partial charge in [-0.1, -0.05) is 0 Å². The van der Waals surface area contributed by atoms with Crippen LogP contribution in [0.5, 0.6) is 0 Å². The van der Waals surface area contributed by atoms with E-state index in [9.17, 15) is 4.79 Å². The normalized spacial score (nSPS) is 10.2. The molecule has 0 fully saturated rings. The lowest BCUT2D eigenvalue weighted by molar-refractivity contribution is 0.102. The van der Waals surface area contributed by atoms with Crippen LogP contribution in [-0.2, 0) is 0 Å². The molecule has 0 unspecified atom stereocenters. The maximum atomic E-state index is 11.9. The summed E-state index contributed by atoms with van der Waals surface area (Å²) in [5, 5.41) is 6.88. The number of nitrogens with one attached hydrogen (secondary N) is 1. The predicted molar refractivity (Wildman–Crippen MR) is 71.3 cm³/mol. The topological polar surface area (TPSA) is 85.6 Å². The summed E-state index contributed by atoms with van der Waals surface area (Å²) in [6.07, 6.45) is 11.0. The number of carbonyl (C=O) groups excluding carboxylic acids is 1. The van der Waals surface area contributed by atoms with Gasteiger partial charge in [-0.3, -0.25) is 14.8 Å². The highest BCUT2D eigenvalue weighted by Gasteiger charge is 2.09. The Labute approximate surface area is 114 Å². The van der Waals surface area contributed by atoms with Gasteiger partial charge in [-0.2, -0.15) is 5.10 Å². The summed E-state index contributed by atoms with van der Waals surface area (Å²) in [4.78, 5) is 23.6. The molecule has 0 spiro atoms. The quantitative estimate of drug-likeness (QED) is 0.772. The number of rotatable bonds is 3. The Morgan fingerprint density at radius 2 is 1.90 bits per heavy atom. The van der Waals surface area contributed by atoms with Gasteiger partial charge >= 0.3 is 0 Å². The molecule has 0 saturated heterocycles. The van der Waals surface area contributed by atoms with Crippen molar-refractivity contribution in [1.82, 2.24) is 24.7 Å². The molecule has 3 heterocycles. The van der Waals surface area contributed by atoms with Crippen LogP contribution in [0.25, 0.3) is 5.69 Å². The molecule has 0 saturated carbocycles. The first-order chi connectivity index (χ1) is 9.83. The van der Waals surface area contributed by atoms with Gasteiger partial charge < -0.3 is 5.32 Å². The van der Waals surface area contributed by atoms with Crippen LogP contribution in [0.3, 0.4) is 0 Å². The summed E-state index contributed by atoms with van der Waals surface area (Å²) in [6.45, 7) is 0. The minimum atomic E-state index is -0.327. The Bertz CT molecular complexity index is 710. The zero-order chi connectivity index (χ0) is 13.8. The molecule has 1 N–H and O–H groups in total. The van der Waals surface area contributed by atoms with Gasteiger partial charge in [-0.15, -0.1) is 0 Å². The van der Waals surface area contributed by atoms with Gasteiger partial charge in [0.1, 0.15) is 5.69 Å². The summed E-state index contributed by atoms with van der Waals surface area (Å²) < 4.78 is 1.65. The van der Waals surface area contributed by atoms with Crippen molar-refractivity contribution in [1.29, 1.82) is 0 Å². The number of amides is 1.